The van der Waals surface area contributed by atoms with Crippen LogP contribution >= 0.6 is 11.6 Å². The van der Waals surface area contributed by atoms with Crippen molar-refractivity contribution in [2.24, 2.45) is 0 Å². The minimum atomic E-state index is -3.76. The molecular formula is C10H7ClN4O2S. The molecule has 2 rings (SSSR count). The summed E-state index contributed by atoms with van der Waals surface area (Å²) < 4.78 is 26.1. The van der Waals surface area contributed by atoms with E-state index in [-0.39, 0.29) is 15.6 Å². The molecule has 0 spiro atoms. The second-order valence-electron chi connectivity index (χ2n) is 3.35. The van der Waals surface area contributed by atoms with Crippen LogP contribution in [-0.2, 0) is 10.0 Å². The Hall–Kier alpha value is -2.04. The van der Waals surface area contributed by atoms with Crippen LogP contribution in [0, 0.1) is 11.3 Å². The van der Waals surface area contributed by atoms with Crippen molar-refractivity contribution in [3.8, 4) is 6.07 Å². The molecule has 0 fully saturated rings. The van der Waals surface area contributed by atoms with Gasteiger partial charge in [0.2, 0.25) is 0 Å². The van der Waals surface area contributed by atoms with E-state index in [1.54, 1.807) is 0 Å². The molecule has 1 aromatic heterocycles. The van der Waals surface area contributed by atoms with Gasteiger partial charge in [-0.1, -0.05) is 11.6 Å². The molecule has 0 saturated heterocycles. The molecule has 8 heteroatoms. The van der Waals surface area contributed by atoms with E-state index in [0.717, 1.165) is 0 Å². The molecule has 0 aliphatic rings. The Kier molecular flexibility index (Phi) is 3.23. The molecule has 0 bridgehead atoms. The number of benzene rings is 1. The number of hydrogen-bond acceptors (Lipinski definition) is 4. The van der Waals surface area contributed by atoms with Gasteiger partial charge in [0.15, 0.2) is 0 Å². The van der Waals surface area contributed by atoms with E-state index < -0.39 is 10.0 Å². The third kappa shape index (κ3) is 2.45. The maximum absolute atomic E-state index is 11.9. The first-order valence-corrected chi connectivity index (χ1v) is 6.60. The van der Waals surface area contributed by atoms with Crippen molar-refractivity contribution in [2.75, 3.05) is 4.72 Å². The fourth-order valence-corrected chi connectivity index (χ4v) is 2.46. The van der Waals surface area contributed by atoms with Crippen molar-refractivity contribution in [3.05, 3.63) is 41.2 Å². The molecule has 2 N–H and O–H groups in total. The average molecular weight is 283 g/mol. The van der Waals surface area contributed by atoms with E-state index in [1.165, 1.54) is 30.6 Å². The molecule has 0 amide bonds. The van der Waals surface area contributed by atoms with Gasteiger partial charge in [0.25, 0.3) is 10.0 Å². The summed E-state index contributed by atoms with van der Waals surface area (Å²) in [6, 6.07) is 6.21. The summed E-state index contributed by atoms with van der Waals surface area (Å²) in [4.78, 5) is -0.0130. The summed E-state index contributed by atoms with van der Waals surface area (Å²) in [7, 11) is -3.76. The molecule has 0 aliphatic heterocycles. The Balaban J connectivity index is 2.38. The lowest BCUT2D eigenvalue weighted by atomic mass is 10.2. The second kappa shape index (κ2) is 4.68. The van der Waals surface area contributed by atoms with E-state index in [2.05, 4.69) is 14.9 Å². The van der Waals surface area contributed by atoms with Crippen LogP contribution < -0.4 is 4.72 Å². The number of H-pyrrole nitrogens is 1. The highest BCUT2D eigenvalue weighted by Gasteiger charge is 2.16. The fraction of sp³-hybridized carbons (Fsp3) is 0. The number of hydrogen-bond donors (Lipinski definition) is 2. The molecule has 1 heterocycles. The molecule has 2 aromatic rings. The molecule has 0 atom stereocenters. The van der Waals surface area contributed by atoms with Crippen LogP contribution in [-0.4, -0.2) is 18.6 Å². The van der Waals surface area contributed by atoms with Crippen LogP contribution in [0.4, 0.5) is 5.69 Å². The topological polar surface area (TPSA) is 98.6 Å². The molecule has 0 unspecified atom stereocenters. The van der Waals surface area contributed by atoms with Gasteiger partial charge in [0.05, 0.1) is 28.5 Å². The Morgan fingerprint density at radius 2 is 2.22 bits per heavy atom. The molecule has 0 radical (unpaired) electrons. The first-order valence-electron chi connectivity index (χ1n) is 4.74. The maximum atomic E-state index is 11.9. The number of aromatic amines is 1. The summed E-state index contributed by atoms with van der Waals surface area (Å²) in [6.45, 7) is 0. The van der Waals surface area contributed by atoms with E-state index in [1.807, 2.05) is 6.07 Å². The Labute approximate surface area is 108 Å². The third-order valence-corrected chi connectivity index (χ3v) is 3.79. The van der Waals surface area contributed by atoms with Gasteiger partial charge < -0.3 is 0 Å². The largest absolute Gasteiger partial charge is 0.284 e. The molecule has 18 heavy (non-hydrogen) atoms. The minimum Gasteiger partial charge on any atom is -0.284 e. The zero-order chi connectivity index (χ0) is 13.2. The standard InChI is InChI=1S/C10H7ClN4O2S/c11-9-2-1-7(4-12)3-10(9)15-18(16,17)8-5-13-14-6-8/h1-3,5-6,15H,(H,13,14). The maximum Gasteiger partial charge on any atom is 0.265 e. The van der Waals surface area contributed by atoms with Crippen molar-refractivity contribution < 1.29 is 8.42 Å². The quantitative estimate of drug-likeness (QED) is 0.895. The number of aromatic nitrogens is 2. The van der Waals surface area contributed by atoms with Crippen LogP contribution in [0.5, 0.6) is 0 Å². The summed E-state index contributed by atoms with van der Waals surface area (Å²) in [5.74, 6) is 0. The van der Waals surface area contributed by atoms with Crippen LogP contribution in [0.1, 0.15) is 5.56 Å². The first kappa shape index (κ1) is 12.4. The van der Waals surface area contributed by atoms with Crippen LogP contribution in [0.2, 0.25) is 5.02 Å². The van der Waals surface area contributed by atoms with Gasteiger partial charge in [-0.25, -0.2) is 8.42 Å². The van der Waals surface area contributed by atoms with Crippen LogP contribution in [0.25, 0.3) is 0 Å². The Bertz CT molecular complexity index is 704. The smallest absolute Gasteiger partial charge is 0.265 e. The number of sulfonamides is 1. The number of nitrogens with zero attached hydrogens (tertiary/aromatic N) is 2. The number of rotatable bonds is 3. The zero-order valence-corrected chi connectivity index (χ0v) is 10.5. The first-order chi connectivity index (χ1) is 8.53. The van der Waals surface area contributed by atoms with E-state index in [4.69, 9.17) is 16.9 Å². The molecule has 0 saturated carbocycles. The van der Waals surface area contributed by atoms with Crippen LogP contribution in [0.15, 0.2) is 35.5 Å². The predicted octanol–water partition coefficient (Wildman–Crippen LogP) is 1.74. The third-order valence-electron chi connectivity index (χ3n) is 2.12. The van der Waals surface area contributed by atoms with Gasteiger partial charge in [0.1, 0.15) is 4.90 Å². The SMILES string of the molecule is N#Cc1ccc(Cl)c(NS(=O)(=O)c2cn[nH]c2)c1. The fourth-order valence-electron chi connectivity index (χ4n) is 1.26. The number of halogens is 1. The van der Waals surface area contributed by atoms with Crippen molar-refractivity contribution in [1.82, 2.24) is 10.2 Å². The lowest BCUT2D eigenvalue weighted by molar-refractivity contribution is 0.601. The average Bonchev–Trinajstić information content (AvgIpc) is 2.86. The summed E-state index contributed by atoms with van der Waals surface area (Å²) in [6.07, 6.45) is 2.41. The highest BCUT2D eigenvalue weighted by molar-refractivity contribution is 7.92. The summed E-state index contributed by atoms with van der Waals surface area (Å²) in [5.41, 5.74) is 0.459. The summed E-state index contributed by atoms with van der Waals surface area (Å²) >= 11 is 5.86. The Morgan fingerprint density at radius 3 is 2.83 bits per heavy atom. The van der Waals surface area contributed by atoms with Gasteiger partial charge in [-0.2, -0.15) is 10.4 Å². The number of nitriles is 1. The zero-order valence-electron chi connectivity index (χ0n) is 8.88. The normalized spacial score (nSPS) is 10.9. The number of nitrogens with one attached hydrogen (secondary N) is 2. The van der Waals surface area contributed by atoms with E-state index in [0.29, 0.717) is 5.56 Å². The van der Waals surface area contributed by atoms with Crippen molar-refractivity contribution >= 4 is 27.3 Å². The van der Waals surface area contributed by atoms with Crippen LogP contribution in [0.3, 0.4) is 0 Å². The van der Waals surface area contributed by atoms with Crippen molar-refractivity contribution in [1.29, 1.82) is 5.26 Å². The molecule has 1 aromatic carbocycles. The van der Waals surface area contributed by atoms with Gasteiger partial charge in [0, 0.05) is 6.20 Å². The summed E-state index contributed by atoms with van der Waals surface area (Å²) in [5, 5.41) is 14.9. The highest BCUT2D eigenvalue weighted by Crippen LogP contribution is 2.25. The van der Waals surface area contributed by atoms with Crippen molar-refractivity contribution in [3.63, 3.8) is 0 Å². The van der Waals surface area contributed by atoms with Gasteiger partial charge in [-0.15, -0.1) is 0 Å². The number of anilines is 1. The predicted molar refractivity (Wildman–Crippen MR) is 65.6 cm³/mol. The minimum absolute atomic E-state index is 0.0130. The lowest BCUT2D eigenvalue weighted by Crippen LogP contribution is -2.12. The molecular weight excluding hydrogens is 276 g/mol. The molecule has 6 nitrogen and oxygen atoms in total. The second-order valence-corrected chi connectivity index (χ2v) is 5.44. The lowest BCUT2D eigenvalue weighted by Gasteiger charge is -2.08. The van der Waals surface area contributed by atoms with Gasteiger partial charge >= 0.3 is 0 Å². The van der Waals surface area contributed by atoms with E-state index in [9.17, 15) is 8.42 Å². The van der Waals surface area contributed by atoms with Crippen molar-refractivity contribution in [2.45, 2.75) is 4.90 Å². The van der Waals surface area contributed by atoms with E-state index >= 15 is 0 Å². The van der Waals surface area contributed by atoms with Gasteiger partial charge in [-0.3, -0.25) is 9.82 Å². The van der Waals surface area contributed by atoms with Gasteiger partial charge in [-0.05, 0) is 18.2 Å². The molecule has 92 valence electrons. The Morgan fingerprint density at radius 1 is 1.44 bits per heavy atom. The monoisotopic (exact) mass is 282 g/mol. The highest BCUT2D eigenvalue weighted by atomic mass is 35.5. The molecule has 0 aliphatic carbocycles.